The van der Waals surface area contributed by atoms with Crippen molar-refractivity contribution in [2.24, 2.45) is 5.92 Å². The van der Waals surface area contributed by atoms with Gasteiger partial charge in [0.1, 0.15) is 0 Å². The summed E-state index contributed by atoms with van der Waals surface area (Å²) >= 11 is 0. The Balaban J connectivity index is 1.82. The molecule has 2 rings (SSSR count). The van der Waals surface area contributed by atoms with Crippen LogP contribution in [0.15, 0.2) is 0 Å². The average Bonchev–Trinajstić information content (AvgIpc) is 2.49. The second-order valence-electron chi connectivity index (χ2n) is 3.92. The van der Waals surface area contributed by atoms with Gasteiger partial charge in [-0.3, -0.25) is 9.59 Å². The standard InChI is InChI=1S/C9H13N2O3/c12-6-10-3-7(4-10)9(14)11-2-1-8(13)5-11/h7-8,13H,1-5H2. The molecule has 0 bridgehead atoms. The molecule has 1 N–H and O–H groups in total. The Morgan fingerprint density at radius 1 is 1.36 bits per heavy atom. The number of carbonyl (C=O) groups excluding carboxylic acids is 2. The molecule has 0 aromatic heterocycles. The maximum atomic E-state index is 11.7. The first-order chi connectivity index (χ1) is 6.70. The van der Waals surface area contributed by atoms with Crippen LogP contribution in [0.2, 0.25) is 0 Å². The molecule has 1 atom stereocenters. The van der Waals surface area contributed by atoms with Crippen LogP contribution in [0.1, 0.15) is 6.42 Å². The average molecular weight is 197 g/mol. The van der Waals surface area contributed by atoms with E-state index in [2.05, 4.69) is 0 Å². The minimum atomic E-state index is -0.368. The van der Waals surface area contributed by atoms with Gasteiger partial charge in [-0.05, 0) is 6.42 Å². The normalized spacial score (nSPS) is 27.6. The van der Waals surface area contributed by atoms with Gasteiger partial charge < -0.3 is 14.9 Å². The van der Waals surface area contributed by atoms with Crippen molar-refractivity contribution in [1.82, 2.24) is 9.80 Å². The van der Waals surface area contributed by atoms with Crippen LogP contribution in [0.4, 0.5) is 0 Å². The number of nitrogens with zero attached hydrogens (tertiary/aromatic N) is 2. The predicted octanol–water partition coefficient (Wildman–Crippen LogP) is -1.42. The first-order valence-corrected chi connectivity index (χ1v) is 4.80. The number of aliphatic hydroxyl groups is 1. The van der Waals surface area contributed by atoms with Gasteiger partial charge in [0.15, 0.2) is 0 Å². The molecule has 5 nitrogen and oxygen atoms in total. The second-order valence-corrected chi connectivity index (χ2v) is 3.92. The summed E-state index contributed by atoms with van der Waals surface area (Å²) in [4.78, 5) is 25.0. The third-order valence-corrected chi connectivity index (χ3v) is 2.83. The Morgan fingerprint density at radius 2 is 2.07 bits per heavy atom. The molecule has 1 radical (unpaired) electrons. The summed E-state index contributed by atoms with van der Waals surface area (Å²) in [5.74, 6) is -0.00481. The minimum absolute atomic E-state index is 0.0630. The number of likely N-dealkylation sites (tertiary alicyclic amines) is 2. The molecule has 2 saturated heterocycles. The van der Waals surface area contributed by atoms with E-state index in [-0.39, 0.29) is 17.9 Å². The highest BCUT2D eigenvalue weighted by Crippen LogP contribution is 2.19. The molecule has 0 spiro atoms. The van der Waals surface area contributed by atoms with Gasteiger partial charge in [-0.1, -0.05) is 0 Å². The lowest BCUT2D eigenvalue weighted by molar-refractivity contribution is -0.138. The smallest absolute Gasteiger partial charge is 0.312 e. The summed E-state index contributed by atoms with van der Waals surface area (Å²) in [6, 6.07) is 0. The first-order valence-electron chi connectivity index (χ1n) is 4.80. The molecule has 14 heavy (non-hydrogen) atoms. The highest BCUT2D eigenvalue weighted by atomic mass is 16.3. The maximum absolute atomic E-state index is 11.7. The lowest BCUT2D eigenvalue weighted by Gasteiger charge is -2.36. The van der Waals surface area contributed by atoms with E-state index in [4.69, 9.17) is 0 Å². The van der Waals surface area contributed by atoms with E-state index in [1.54, 1.807) is 11.3 Å². The van der Waals surface area contributed by atoms with Crippen LogP contribution >= 0.6 is 0 Å². The zero-order chi connectivity index (χ0) is 10.1. The fourth-order valence-electron chi connectivity index (χ4n) is 1.91. The van der Waals surface area contributed by atoms with Crippen LogP contribution in [-0.4, -0.2) is 59.5 Å². The molecule has 5 heteroatoms. The molecule has 0 aromatic carbocycles. The Labute approximate surface area is 82.3 Å². The van der Waals surface area contributed by atoms with Gasteiger partial charge in [0, 0.05) is 26.2 Å². The van der Waals surface area contributed by atoms with Crippen molar-refractivity contribution < 1.29 is 14.7 Å². The largest absolute Gasteiger partial charge is 0.391 e. The zero-order valence-corrected chi connectivity index (χ0v) is 7.85. The van der Waals surface area contributed by atoms with Gasteiger partial charge in [0.25, 0.3) is 0 Å². The van der Waals surface area contributed by atoms with Crippen LogP contribution in [-0.2, 0) is 9.59 Å². The van der Waals surface area contributed by atoms with Crippen molar-refractivity contribution >= 4 is 12.3 Å². The quantitative estimate of drug-likeness (QED) is 0.591. The molecule has 0 aliphatic carbocycles. The Hall–Kier alpha value is -1.10. The van der Waals surface area contributed by atoms with Gasteiger partial charge in [-0.15, -0.1) is 0 Å². The van der Waals surface area contributed by atoms with Gasteiger partial charge in [0.05, 0.1) is 12.0 Å². The molecule has 2 heterocycles. The van der Waals surface area contributed by atoms with Gasteiger partial charge in [-0.25, -0.2) is 0 Å². The van der Waals surface area contributed by atoms with Crippen LogP contribution in [0.5, 0.6) is 0 Å². The zero-order valence-electron chi connectivity index (χ0n) is 7.85. The van der Waals surface area contributed by atoms with E-state index in [0.29, 0.717) is 32.6 Å². The Morgan fingerprint density at radius 3 is 2.57 bits per heavy atom. The molecule has 0 aromatic rings. The van der Waals surface area contributed by atoms with Crippen LogP contribution in [0.25, 0.3) is 0 Å². The summed E-state index contributed by atoms with van der Waals surface area (Å²) in [6.45, 7) is 2.05. The number of aliphatic hydroxyl groups excluding tert-OH is 1. The molecule has 77 valence electrons. The molecule has 2 amide bonds. The number of amides is 2. The van der Waals surface area contributed by atoms with E-state index < -0.39 is 0 Å². The van der Waals surface area contributed by atoms with E-state index in [1.165, 1.54) is 4.90 Å². The fraction of sp³-hybridized carbons (Fsp3) is 0.778. The summed E-state index contributed by atoms with van der Waals surface area (Å²) in [6.07, 6.45) is 2.05. The Kier molecular flexibility index (Phi) is 2.41. The topological polar surface area (TPSA) is 60.9 Å². The van der Waals surface area contributed by atoms with E-state index in [1.807, 2.05) is 0 Å². The molecule has 1 unspecified atom stereocenters. The lowest BCUT2D eigenvalue weighted by Crippen LogP contribution is -2.53. The van der Waals surface area contributed by atoms with Crippen molar-refractivity contribution in [3.05, 3.63) is 0 Å². The first kappa shape index (κ1) is 9.45. The molecule has 0 saturated carbocycles. The molecular formula is C9H13N2O3. The van der Waals surface area contributed by atoms with Crippen molar-refractivity contribution in [3.8, 4) is 0 Å². The van der Waals surface area contributed by atoms with Crippen molar-refractivity contribution in [2.75, 3.05) is 26.2 Å². The molecule has 2 fully saturated rings. The number of β-amino-alcohol motifs (C(OH)–C–C–N with tert-alkyl or cyclic N) is 1. The number of hydrogen-bond acceptors (Lipinski definition) is 3. The summed E-state index contributed by atoms with van der Waals surface area (Å²) in [7, 11) is 0. The Bertz CT molecular complexity index is 250. The monoisotopic (exact) mass is 197 g/mol. The number of carbonyl (C=O) groups is 1. The van der Waals surface area contributed by atoms with Crippen molar-refractivity contribution in [2.45, 2.75) is 12.5 Å². The third kappa shape index (κ3) is 1.59. The highest BCUT2D eigenvalue weighted by Gasteiger charge is 2.37. The van der Waals surface area contributed by atoms with Crippen LogP contribution in [0.3, 0.4) is 0 Å². The summed E-state index contributed by atoms with van der Waals surface area (Å²) < 4.78 is 0. The number of rotatable bonds is 2. The predicted molar refractivity (Wildman–Crippen MR) is 48.0 cm³/mol. The highest BCUT2D eigenvalue weighted by molar-refractivity contribution is 5.81. The fourth-order valence-corrected chi connectivity index (χ4v) is 1.91. The van der Waals surface area contributed by atoms with Crippen molar-refractivity contribution in [1.29, 1.82) is 0 Å². The maximum Gasteiger partial charge on any atom is 0.312 e. The van der Waals surface area contributed by atoms with E-state index in [9.17, 15) is 14.7 Å². The SMILES string of the molecule is O=[C]N1CC(C(=O)N2CCC(O)C2)C1. The summed E-state index contributed by atoms with van der Waals surface area (Å²) in [5, 5.41) is 9.25. The van der Waals surface area contributed by atoms with Gasteiger partial charge in [0.2, 0.25) is 5.91 Å². The molecule has 2 aliphatic rings. The van der Waals surface area contributed by atoms with E-state index >= 15 is 0 Å². The van der Waals surface area contributed by atoms with E-state index in [0.717, 1.165) is 0 Å². The van der Waals surface area contributed by atoms with Crippen LogP contribution in [0, 0.1) is 5.92 Å². The second kappa shape index (κ2) is 3.57. The lowest BCUT2D eigenvalue weighted by atomic mass is 10.00. The number of hydrogen-bond donors (Lipinski definition) is 1. The molecule has 2 aliphatic heterocycles. The van der Waals surface area contributed by atoms with Crippen molar-refractivity contribution in [3.63, 3.8) is 0 Å². The van der Waals surface area contributed by atoms with Crippen LogP contribution < -0.4 is 0 Å². The third-order valence-electron chi connectivity index (χ3n) is 2.83. The summed E-state index contributed by atoms with van der Waals surface area (Å²) in [5.41, 5.74) is 0. The molecular weight excluding hydrogens is 184 g/mol. The minimum Gasteiger partial charge on any atom is -0.391 e. The van der Waals surface area contributed by atoms with Gasteiger partial charge >= 0.3 is 6.41 Å². The van der Waals surface area contributed by atoms with Gasteiger partial charge in [-0.2, -0.15) is 0 Å².